The lowest BCUT2D eigenvalue weighted by molar-refractivity contribution is -0.133. The van der Waals surface area contributed by atoms with Crippen LogP contribution in [0.25, 0.3) is 0 Å². The average Bonchev–Trinajstić information content (AvgIpc) is 2.81. The van der Waals surface area contributed by atoms with Crippen molar-refractivity contribution in [1.82, 2.24) is 15.1 Å². The van der Waals surface area contributed by atoms with E-state index in [0.717, 1.165) is 18.8 Å². The fraction of sp³-hybridized carbons (Fsp3) is 0.375. The van der Waals surface area contributed by atoms with E-state index in [1.165, 1.54) is 12.5 Å². The van der Waals surface area contributed by atoms with Gasteiger partial charge in [-0.3, -0.25) is 19.3 Å². The topological polar surface area (TPSA) is 99.2 Å². The number of nitrogens with zero attached hydrogens (tertiary/aromatic N) is 2. The van der Waals surface area contributed by atoms with E-state index < -0.39 is 0 Å². The Morgan fingerprint density at radius 2 is 1.59 bits per heavy atom. The summed E-state index contributed by atoms with van der Waals surface area (Å²) in [4.78, 5) is 36.0. The molecule has 1 heterocycles. The molecule has 0 aromatic heterocycles. The molecule has 1 fully saturated rings. The summed E-state index contributed by atoms with van der Waals surface area (Å²) in [6, 6.07) is 20.4. The first kappa shape index (κ1) is 24.9. The van der Waals surface area contributed by atoms with Crippen molar-refractivity contribution in [1.29, 1.82) is 0 Å². The minimum absolute atomic E-state index is 0.0928. The van der Waals surface area contributed by atoms with Crippen LogP contribution in [0.1, 0.15) is 24.9 Å². The van der Waals surface area contributed by atoms with Crippen molar-refractivity contribution in [2.24, 2.45) is 0 Å². The number of carbonyl (C=O) groups excluding carboxylic acids is 2. The molecule has 8 nitrogen and oxygen atoms in total. The highest BCUT2D eigenvalue weighted by Gasteiger charge is 2.27. The second-order valence-corrected chi connectivity index (χ2v) is 7.31. The standard InChI is InChI=1S/C23H29N3O3.CH2O2/c1-19(27)24-13-12-23(28)26-16-14-25(15-17-26)22(20-8-4-2-5-9-20)18-29-21-10-6-3-7-11-21;2-1-3/h2-11,22H,12-18H2,1H3,(H,24,27);1H,(H,2,3). The second kappa shape index (κ2) is 13.8. The van der Waals surface area contributed by atoms with Gasteiger partial charge in [0.05, 0.1) is 6.04 Å². The number of nitrogens with one attached hydrogen (secondary N) is 1. The number of ether oxygens (including phenoxy) is 1. The van der Waals surface area contributed by atoms with Gasteiger partial charge in [-0.25, -0.2) is 0 Å². The zero-order chi connectivity index (χ0) is 23.2. The smallest absolute Gasteiger partial charge is 0.290 e. The van der Waals surface area contributed by atoms with Crippen molar-refractivity contribution in [3.63, 3.8) is 0 Å². The van der Waals surface area contributed by atoms with Crippen LogP contribution in [0.3, 0.4) is 0 Å². The first-order chi connectivity index (χ1) is 15.5. The molecule has 1 saturated heterocycles. The van der Waals surface area contributed by atoms with E-state index in [1.807, 2.05) is 53.4 Å². The quantitative estimate of drug-likeness (QED) is 0.609. The van der Waals surface area contributed by atoms with Gasteiger partial charge >= 0.3 is 0 Å². The van der Waals surface area contributed by atoms with Crippen LogP contribution >= 0.6 is 0 Å². The maximum Gasteiger partial charge on any atom is 0.290 e. The highest BCUT2D eigenvalue weighted by atomic mass is 16.5. The maximum atomic E-state index is 12.4. The molecule has 2 amide bonds. The first-order valence-electron chi connectivity index (χ1n) is 10.6. The third-order valence-electron chi connectivity index (χ3n) is 5.16. The zero-order valence-electron chi connectivity index (χ0n) is 18.4. The third kappa shape index (κ3) is 8.39. The Morgan fingerprint density at radius 1 is 1.03 bits per heavy atom. The van der Waals surface area contributed by atoms with E-state index in [2.05, 4.69) is 22.3 Å². The van der Waals surface area contributed by atoms with Gasteiger partial charge < -0.3 is 20.1 Å². The highest BCUT2D eigenvalue weighted by molar-refractivity contribution is 5.78. The van der Waals surface area contributed by atoms with Crippen LogP contribution in [0, 0.1) is 0 Å². The molecule has 0 radical (unpaired) electrons. The van der Waals surface area contributed by atoms with Gasteiger partial charge in [0.1, 0.15) is 12.4 Å². The molecule has 1 atom stereocenters. The molecule has 3 rings (SSSR count). The van der Waals surface area contributed by atoms with Crippen LogP contribution in [0.15, 0.2) is 60.7 Å². The Morgan fingerprint density at radius 3 is 2.16 bits per heavy atom. The normalized spacial score (nSPS) is 14.5. The number of rotatable bonds is 8. The van der Waals surface area contributed by atoms with Crippen molar-refractivity contribution in [2.75, 3.05) is 39.3 Å². The van der Waals surface area contributed by atoms with E-state index in [1.54, 1.807) is 0 Å². The number of benzene rings is 2. The Balaban J connectivity index is 0.00000114. The molecule has 2 N–H and O–H groups in total. The van der Waals surface area contributed by atoms with Gasteiger partial charge in [-0.2, -0.15) is 0 Å². The Bertz CT molecular complexity index is 824. The Labute approximate surface area is 188 Å². The molecule has 1 aliphatic heterocycles. The number of carbonyl (C=O) groups is 3. The van der Waals surface area contributed by atoms with Gasteiger partial charge in [0.25, 0.3) is 6.47 Å². The number of carboxylic acid groups (broad SMARTS) is 1. The van der Waals surface area contributed by atoms with E-state index in [9.17, 15) is 9.59 Å². The summed E-state index contributed by atoms with van der Waals surface area (Å²) in [5.74, 6) is 0.849. The van der Waals surface area contributed by atoms with Crippen LogP contribution in [-0.4, -0.2) is 72.5 Å². The van der Waals surface area contributed by atoms with Crippen LogP contribution < -0.4 is 10.1 Å². The lowest BCUT2D eigenvalue weighted by atomic mass is 10.0. The predicted octanol–water partition coefficient (Wildman–Crippen LogP) is 2.18. The zero-order valence-corrected chi connectivity index (χ0v) is 18.4. The molecule has 0 saturated carbocycles. The van der Waals surface area contributed by atoms with Gasteiger partial charge in [0, 0.05) is 46.1 Å². The SMILES string of the molecule is CC(=O)NCCC(=O)N1CCN(C(COc2ccccc2)c2ccccc2)CC1.O=CO. The molecule has 8 heteroatoms. The van der Waals surface area contributed by atoms with Crippen molar-refractivity contribution in [3.8, 4) is 5.75 Å². The molecule has 0 aliphatic carbocycles. The van der Waals surface area contributed by atoms with Gasteiger partial charge in [-0.1, -0.05) is 48.5 Å². The molecule has 0 spiro atoms. The summed E-state index contributed by atoms with van der Waals surface area (Å²) in [7, 11) is 0. The second-order valence-electron chi connectivity index (χ2n) is 7.31. The predicted molar refractivity (Wildman–Crippen MR) is 121 cm³/mol. The largest absolute Gasteiger partial charge is 0.492 e. The van der Waals surface area contributed by atoms with E-state index >= 15 is 0 Å². The van der Waals surface area contributed by atoms with Crippen LogP contribution in [-0.2, 0) is 14.4 Å². The van der Waals surface area contributed by atoms with Crippen LogP contribution in [0.4, 0.5) is 0 Å². The lowest BCUT2D eigenvalue weighted by Crippen LogP contribution is -2.51. The number of hydrogen-bond acceptors (Lipinski definition) is 5. The molecule has 1 aliphatic rings. The third-order valence-corrected chi connectivity index (χ3v) is 5.16. The van der Waals surface area contributed by atoms with Crippen molar-refractivity contribution < 1.29 is 24.2 Å². The molecule has 1 unspecified atom stereocenters. The van der Waals surface area contributed by atoms with Gasteiger partial charge in [0.2, 0.25) is 11.8 Å². The average molecular weight is 442 g/mol. The Kier molecular flexibility index (Phi) is 10.7. The van der Waals surface area contributed by atoms with E-state index in [-0.39, 0.29) is 24.3 Å². The number of para-hydroxylation sites is 1. The molecule has 0 bridgehead atoms. The molecule has 172 valence electrons. The number of hydrogen-bond donors (Lipinski definition) is 2. The molecular formula is C24H31N3O5. The maximum absolute atomic E-state index is 12.4. The van der Waals surface area contributed by atoms with Crippen LogP contribution in [0.5, 0.6) is 5.75 Å². The first-order valence-corrected chi connectivity index (χ1v) is 10.6. The summed E-state index contributed by atoms with van der Waals surface area (Å²) in [5.41, 5.74) is 1.22. The van der Waals surface area contributed by atoms with Crippen molar-refractivity contribution in [2.45, 2.75) is 19.4 Å². The van der Waals surface area contributed by atoms with E-state index in [4.69, 9.17) is 14.6 Å². The van der Waals surface area contributed by atoms with Gasteiger partial charge in [0.15, 0.2) is 0 Å². The minimum atomic E-state index is -0.250. The van der Waals surface area contributed by atoms with Crippen molar-refractivity contribution >= 4 is 18.3 Å². The summed E-state index contributed by atoms with van der Waals surface area (Å²) in [6.45, 7) is 5.13. The minimum Gasteiger partial charge on any atom is -0.492 e. The van der Waals surface area contributed by atoms with Gasteiger partial charge in [-0.15, -0.1) is 0 Å². The van der Waals surface area contributed by atoms with E-state index in [0.29, 0.717) is 32.7 Å². The number of piperazine rings is 1. The highest BCUT2D eigenvalue weighted by Crippen LogP contribution is 2.24. The van der Waals surface area contributed by atoms with Gasteiger partial charge in [-0.05, 0) is 17.7 Å². The molecule has 2 aromatic carbocycles. The monoisotopic (exact) mass is 441 g/mol. The molecule has 2 aromatic rings. The summed E-state index contributed by atoms with van der Waals surface area (Å²) in [6.07, 6.45) is 0.346. The fourth-order valence-corrected chi connectivity index (χ4v) is 3.57. The van der Waals surface area contributed by atoms with Crippen LogP contribution in [0.2, 0.25) is 0 Å². The summed E-state index contributed by atoms with van der Waals surface area (Å²) >= 11 is 0. The molecular weight excluding hydrogens is 410 g/mol. The van der Waals surface area contributed by atoms with Crippen molar-refractivity contribution in [3.05, 3.63) is 66.2 Å². The Hall–Kier alpha value is -3.39. The lowest BCUT2D eigenvalue weighted by Gasteiger charge is -2.39. The summed E-state index contributed by atoms with van der Waals surface area (Å²) in [5, 5.41) is 9.57. The molecule has 32 heavy (non-hydrogen) atoms. The summed E-state index contributed by atoms with van der Waals surface area (Å²) < 4.78 is 6.06. The number of amides is 2. The fourth-order valence-electron chi connectivity index (χ4n) is 3.57.